The van der Waals surface area contributed by atoms with Crippen molar-refractivity contribution in [3.63, 3.8) is 0 Å². The Kier molecular flexibility index (Phi) is 5.59. The van der Waals surface area contributed by atoms with Crippen molar-refractivity contribution in [2.75, 3.05) is 12.4 Å². The number of para-hydroxylation sites is 2. The van der Waals surface area contributed by atoms with Crippen LogP contribution in [0.2, 0.25) is 0 Å². The van der Waals surface area contributed by atoms with Crippen molar-refractivity contribution in [1.82, 2.24) is 24.3 Å². The van der Waals surface area contributed by atoms with Crippen LogP contribution in [0, 0.1) is 13.8 Å². The van der Waals surface area contributed by atoms with E-state index in [1.165, 1.54) is 6.39 Å². The number of anilines is 1. The van der Waals surface area contributed by atoms with Crippen LogP contribution in [-0.4, -0.2) is 37.3 Å². The van der Waals surface area contributed by atoms with E-state index >= 15 is 0 Å². The van der Waals surface area contributed by atoms with Crippen LogP contribution in [0.5, 0.6) is 5.75 Å². The monoisotopic (exact) mass is 456 g/mol. The van der Waals surface area contributed by atoms with Gasteiger partial charge in [-0.2, -0.15) is 5.10 Å². The van der Waals surface area contributed by atoms with E-state index < -0.39 is 0 Å². The molecule has 2 aromatic carbocycles. The highest BCUT2D eigenvalue weighted by molar-refractivity contribution is 6.06. The normalized spacial score (nSPS) is 11.1. The molecule has 3 aromatic heterocycles. The van der Waals surface area contributed by atoms with Crippen LogP contribution in [0.3, 0.4) is 0 Å². The second-order valence-electron chi connectivity index (χ2n) is 7.96. The Morgan fingerprint density at radius 2 is 2.00 bits per heavy atom. The van der Waals surface area contributed by atoms with Gasteiger partial charge in [0.1, 0.15) is 11.6 Å². The first kappa shape index (κ1) is 21.4. The van der Waals surface area contributed by atoms with E-state index in [2.05, 4.69) is 31.0 Å². The molecule has 0 aliphatic rings. The first-order chi connectivity index (χ1) is 16.5. The van der Waals surface area contributed by atoms with Gasteiger partial charge in [0.2, 0.25) is 0 Å². The number of amides is 1. The minimum absolute atomic E-state index is 0.194. The van der Waals surface area contributed by atoms with Crippen molar-refractivity contribution < 1.29 is 13.9 Å². The maximum atomic E-state index is 12.9. The summed E-state index contributed by atoms with van der Waals surface area (Å²) in [6.07, 6.45) is 4.67. The Morgan fingerprint density at radius 3 is 2.85 bits per heavy atom. The molecule has 0 saturated heterocycles. The highest BCUT2D eigenvalue weighted by atomic mass is 16.5. The number of rotatable bonds is 7. The molecule has 3 heterocycles. The number of hydrogen-bond acceptors (Lipinski definition) is 6. The van der Waals surface area contributed by atoms with Crippen molar-refractivity contribution in [1.29, 1.82) is 0 Å². The summed E-state index contributed by atoms with van der Waals surface area (Å²) in [4.78, 5) is 21.6. The molecule has 5 rings (SSSR count). The number of nitrogens with zero attached hydrogens (tertiary/aromatic N) is 5. The number of aryl methyl sites for hydroxylation is 4. The number of ether oxygens (including phenoxy) is 1. The predicted octanol–water partition coefficient (Wildman–Crippen LogP) is 4.47. The van der Waals surface area contributed by atoms with E-state index in [9.17, 15) is 4.79 Å². The molecule has 1 N–H and O–H groups in total. The number of hydrogen-bond donors (Lipinski definition) is 1. The number of aromatic nitrogens is 5. The molecular weight excluding hydrogens is 432 g/mol. The van der Waals surface area contributed by atoms with E-state index in [1.807, 2.05) is 50.2 Å². The number of carbonyl (C=O) groups is 1. The minimum atomic E-state index is -0.376. The van der Waals surface area contributed by atoms with Crippen molar-refractivity contribution in [3.8, 4) is 17.1 Å². The zero-order valence-electron chi connectivity index (χ0n) is 19.1. The van der Waals surface area contributed by atoms with Gasteiger partial charge in [0, 0.05) is 18.3 Å². The van der Waals surface area contributed by atoms with E-state index in [-0.39, 0.29) is 11.6 Å². The summed E-state index contributed by atoms with van der Waals surface area (Å²) in [6.45, 7) is 5.29. The molecule has 0 fully saturated rings. The molecule has 9 heteroatoms. The summed E-state index contributed by atoms with van der Waals surface area (Å²) in [5.41, 5.74) is 4.54. The number of methoxy groups -OCH3 is 1. The lowest BCUT2D eigenvalue weighted by molar-refractivity contribution is 0.102. The van der Waals surface area contributed by atoms with Crippen molar-refractivity contribution >= 4 is 22.6 Å². The van der Waals surface area contributed by atoms with Crippen LogP contribution < -0.4 is 10.1 Å². The molecule has 172 valence electrons. The SMILES string of the molecule is COc1cc(-c2ocnc2C(=O)Nc2cnn(CCn3c(C)nc4ccccc43)c2)ccc1C. The van der Waals surface area contributed by atoms with Crippen LogP contribution in [0.1, 0.15) is 21.9 Å². The summed E-state index contributed by atoms with van der Waals surface area (Å²) in [7, 11) is 1.61. The number of oxazole rings is 1. The smallest absolute Gasteiger partial charge is 0.278 e. The third-order valence-electron chi connectivity index (χ3n) is 5.74. The molecule has 34 heavy (non-hydrogen) atoms. The van der Waals surface area contributed by atoms with Crippen molar-refractivity contribution in [3.05, 3.63) is 78.3 Å². The van der Waals surface area contributed by atoms with E-state index in [1.54, 1.807) is 24.2 Å². The third-order valence-corrected chi connectivity index (χ3v) is 5.74. The van der Waals surface area contributed by atoms with Crippen LogP contribution in [0.25, 0.3) is 22.4 Å². The molecule has 5 aromatic rings. The molecular formula is C25H24N6O3. The predicted molar refractivity (Wildman–Crippen MR) is 128 cm³/mol. The lowest BCUT2D eigenvalue weighted by Gasteiger charge is -2.07. The molecule has 0 radical (unpaired) electrons. The summed E-state index contributed by atoms with van der Waals surface area (Å²) in [5, 5.41) is 7.23. The van der Waals surface area contributed by atoms with Gasteiger partial charge in [-0.3, -0.25) is 9.48 Å². The second kappa shape index (κ2) is 8.86. The lowest BCUT2D eigenvalue weighted by atomic mass is 10.1. The number of carbonyl (C=O) groups excluding carboxylic acids is 1. The van der Waals surface area contributed by atoms with Gasteiger partial charge in [-0.15, -0.1) is 0 Å². The molecule has 0 unspecified atom stereocenters. The zero-order chi connectivity index (χ0) is 23.7. The summed E-state index contributed by atoms with van der Waals surface area (Å²) in [5.74, 6) is 1.67. The lowest BCUT2D eigenvalue weighted by Crippen LogP contribution is -2.13. The standard InChI is InChI=1S/C25H24N6O3/c1-16-8-9-18(12-22(16)33-3)24-23(26-15-34-24)25(32)29-19-13-27-30(14-19)10-11-31-17(2)28-20-6-4-5-7-21(20)31/h4-9,12-15H,10-11H2,1-3H3,(H,29,32). The fourth-order valence-corrected chi connectivity index (χ4v) is 4.00. The average molecular weight is 457 g/mol. The number of fused-ring (bicyclic) bond motifs is 1. The van der Waals surface area contributed by atoms with Gasteiger partial charge in [0.15, 0.2) is 17.8 Å². The second-order valence-corrected chi connectivity index (χ2v) is 7.96. The third kappa shape index (κ3) is 4.03. The molecule has 1 amide bonds. The Balaban J connectivity index is 1.29. The molecule has 0 spiro atoms. The van der Waals surface area contributed by atoms with Gasteiger partial charge in [0.25, 0.3) is 5.91 Å². The Labute approximate surface area is 196 Å². The minimum Gasteiger partial charge on any atom is -0.496 e. The van der Waals surface area contributed by atoms with Crippen molar-refractivity contribution in [2.24, 2.45) is 0 Å². The fraction of sp³-hybridized carbons (Fsp3) is 0.200. The zero-order valence-corrected chi connectivity index (χ0v) is 19.1. The summed E-state index contributed by atoms with van der Waals surface area (Å²) in [6, 6.07) is 13.7. The van der Waals surface area contributed by atoms with Crippen molar-refractivity contribution in [2.45, 2.75) is 26.9 Å². The largest absolute Gasteiger partial charge is 0.496 e. The number of imidazole rings is 1. The first-order valence-electron chi connectivity index (χ1n) is 10.9. The van der Waals surface area contributed by atoms with Crippen LogP contribution in [-0.2, 0) is 13.1 Å². The fourth-order valence-electron chi connectivity index (χ4n) is 4.00. The number of nitrogens with one attached hydrogen (secondary N) is 1. The Morgan fingerprint density at radius 1 is 1.15 bits per heavy atom. The highest BCUT2D eigenvalue weighted by Crippen LogP contribution is 2.29. The first-order valence-corrected chi connectivity index (χ1v) is 10.9. The molecule has 0 atom stereocenters. The van der Waals surface area contributed by atoms with Gasteiger partial charge in [-0.25, -0.2) is 9.97 Å². The molecule has 0 bridgehead atoms. The molecule has 9 nitrogen and oxygen atoms in total. The van der Waals surface area contributed by atoms with Gasteiger partial charge >= 0.3 is 0 Å². The average Bonchev–Trinajstić information content (AvgIpc) is 3.56. The molecule has 0 saturated carbocycles. The van der Waals surface area contributed by atoms with E-state index in [0.717, 1.165) is 22.4 Å². The van der Waals surface area contributed by atoms with Gasteiger partial charge in [-0.1, -0.05) is 24.3 Å². The van der Waals surface area contributed by atoms with E-state index in [0.29, 0.717) is 35.9 Å². The van der Waals surface area contributed by atoms with Crippen LogP contribution >= 0.6 is 0 Å². The maximum Gasteiger partial charge on any atom is 0.278 e. The van der Waals surface area contributed by atoms with Gasteiger partial charge < -0.3 is 19.0 Å². The number of benzene rings is 2. The van der Waals surface area contributed by atoms with Gasteiger partial charge in [-0.05, 0) is 37.6 Å². The summed E-state index contributed by atoms with van der Waals surface area (Å²) >= 11 is 0. The van der Waals surface area contributed by atoms with Crippen LogP contribution in [0.15, 0.2) is 65.7 Å². The Hall–Kier alpha value is -4.40. The van der Waals surface area contributed by atoms with Crippen LogP contribution in [0.4, 0.5) is 5.69 Å². The Bertz CT molecular complexity index is 1480. The topological polar surface area (TPSA) is 100 Å². The molecule has 0 aliphatic carbocycles. The maximum absolute atomic E-state index is 12.9. The quantitative estimate of drug-likeness (QED) is 0.388. The molecule has 0 aliphatic heterocycles. The summed E-state index contributed by atoms with van der Waals surface area (Å²) < 4.78 is 14.9. The highest BCUT2D eigenvalue weighted by Gasteiger charge is 2.20. The van der Waals surface area contributed by atoms with E-state index in [4.69, 9.17) is 9.15 Å². The van der Waals surface area contributed by atoms with Gasteiger partial charge in [0.05, 0.1) is 36.6 Å².